The van der Waals surface area contributed by atoms with Gasteiger partial charge in [-0.05, 0) is 38.4 Å². The molecule has 0 N–H and O–H groups in total. The third kappa shape index (κ3) is 3.64. The van der Waals surface area contributed by atoms with E-state index in [-0.39, 0.29) is 5.97 Å². The molecule has 1 atom stereocenters. The summed E-state index contributed by atoms with van der Waals surface area (Å²) in [6, 6.07) is 7.88. The lowest BCUT2D eigenvalue weighted by Crippen LogP contribution is -2.34. The van der Waals surface area contributed by atoms with E-state index < -0.39 is 0 Å². The topological polar surface area (TPSA) is 68.5 Å². The Morgan fingerprint density at radius 1 is 1.38 bits per heavy atom. The molecule has 2 aromatic heterocycles. The van der Waals surface area contributed by atoms with Gasteiger partial charge in [-0.25, -0.2) is 14.8 Å². The number of hydrogen-bond acceptors (Lipinski definition) is 7. The molecular weight excluding hydrogens is 350 g/mol. The quantitative estimate of drug-likeness (QED) is 0.635. The number of likely N-dealkylation sites (tertiary alicyclic amines) is 1. The molecule has 4 rings (SSSR count). The van der Waals surface area contributed by atoms with Crippen molar-refractivity contribution in [3.05, 3.63) is 46.2 Å². The van der Waals surface area contributed by atoms with Gasteiger partial charge in [-0.1, -0.05) is 12.1 Å². The van der Waals surface area contributed by atoms with Crippen LogP contribution in [0.1, 0.15) is 47.1 Å². The van der Waals surface area contributed by atoms with Crippen LogP contribution in [-0.2, 0) is 11.3 Å². The highest BCUT2D eigenvalue weighted by Gasteiger charge is 2.26. The van der Waals surface area contributed by atoms with Crippen LogP contribution < -0.4 is 0 Å². The van der Waals surface area contributed by atoms with Gasteiger partial charge in [0.2, 0.25) is 5.01 Å². The average Bonchev–Trinajstić information content (AvgIpc) is 3.29. The van der Waals surface area contributed by atoms with E-state index in [0.29, 0.717) is 17.5 Å². The normalized spacial score (nSPS) is 18.3. The number of esters is 1. The van der Waals surface area contributed by atoms with Crippen LogP contribution in [0.5, 0.6) is 0 Å². The number of hydrogen-bond donors (Lipinski definition) is 0. The van der Waals surface area contributed by atoms with Gasteiger partial charge in [-0.3, -0.25) is 4.90 Å². The van der Waals surface area contributed by atoms with Crippen molar-refractivity contribution in [3.63, 3.8) is 0 Å². The van der Waals surface area contributed by atoms with E-state index in [1.807, 2.05) is 29.6 Å². The average molecular weight is 371 g/mol. The van der Waals surface area contributed by atoms with Crippen LogP contribution in [0.4, 0.5) is 0 Å². The minimum absolute atomic E-state index is 0.291. The van der Waals surface area contributed by atoms with E-state index in [1.54, 1.807) is 6.92 Å². The van der Waals surface area contributed by atoms with E-state index in [4.69, 9.17) is 9.15 Å². The number of piperidine rings is 1. The van der Waals surface area contributed by atoms with Gasteiger partial charge in [-0.2, -0.15) is 0 Å². The van der Waals surface area contributed by atoms with Crippen LogP contribution in [0.25, 0.3) is 11.1 Å². The molecule has 1 aliphatic rings. The second-order valence-electron chi connectivity index (χ2n) is 6.46. The van der Waals surface area contributed by atoms with Crippen molar-refractivity contribution in [3.8, 4) is 0 Å². The van der Waals surface area contributed by atoms with Gasteiger partial charge in [0.25, 0.3) is 0 Å². The van der Waals surface area contributed by atoms with Crippen LogP contribution in [0.3, 0.4) is 0 Å². The predicted octanol–water partition coefficient (Wildman–Crippen LogP) is 3.84. The molecule has 0 bridgehead atoms. The number of carbonyl (C=O) groups excluding carboxylic acids is 1. The standard InChI is InChI=1S/C19H21N3O3S/c1-2-24-19(23)18-20-14(12-26-18)11-22-9-5-6-13(10-22)17-21-15-7-3-4-8-16(15)25-17/h3-4,7-8,12-13H,2,5-6,9-11H2,1H3. The largest absolute Gasteiger partial charge is 0.461 e. The fourth-order valence-electron chi connectivity index (χ4n) is 3.36. The molecule has 7 heteroatoms. The summed E-state index contributed by atoms with van der Waals surface area (Å²) in [5, 5.41) is 2.37. The molecule has 3 heterocycles. The third-order valence-electron chi connectivity index (χ3n) is 4.55. The van der Waals surface area contributed by atoms with Gasteiger partial charge in [0.1, 0.15) is 5.52 Å². The summed E-state index contributed by atoms with van der Waals surface area (Å²) in [5.41, 5.74) is 2.67. The van der Waals surface area contributed by atoms with Gasteiger partial charge in [0.05, 0.1) is 12.3 Å². The number of nitrogens with zero attached hydrogens (tertiary/aromatic N) is 3. The first-order valence-electron chi connectivity index (χ1n) is 8.92. The number of ether oxygens (including phenoxy) is 1. The third-order valence-corrected chi connectivity index (χ3v) is 5.42. The second kappa shape index (κ2) is 7.55. The summed E-state index contributed by atoms with van der Waals surface area (Å²) in [4.78, 5) is 23.2. The number of aromatic nitrogens is 2. The van der Waals surface area contributed by atoms with E-state index >= 15 is 0 Å². The minimum atomic E-state index is -0.341. The predicted molar refractivity (Wildman–Crippen MR) is 99.3 cm³/mol. The molecule has 136 valence electrons. The number of oxazole rings is 1. The number of para-hydroxylation sites is 2. The number of fused-ring (bicyclic) bond motifs is 1. The first-order valence-corrected chi connectivity index (χ1v) is 9.80. The van der Waals surface area contributed by atoms with Crippen molar-refractivity contribution >= 4 is 28.4 Å². The van der Waals surface area contributed by atoms with Crippen LogP contribution in [0.2, 0.25) is 0 Å². The maximum absolute atomic E-state index is 11.8. The van der Waals surface area contributed by atoms with Crippen molar-refractivity contribution < 1.29 is 13.9 Å². The molecular formula is C19H21N3O3S. The molecule has 0 saturated carbocycles. The molecule has 1 aromatic carbocycles. The van der Waals surface area contributed by atoms with E-state index in [1.165, 1.54) is 11.3 Å². The van der Waals surface area contributed by atoms with Crippen molar-refractivity contribution in [2.24, 2.45) is 0 Å². The van der Waals surface area contributed by atoms with Gasteiger partial charge in [-0.15, -0.1) is 11.3 Å². The summed E-state index contributed by atoms with van der Waals surface area (Å²) in [6.45, 7) is 4.80. The van der Waals surface area contributed by atoms with E-state index in [2.05, 4.69) is 14.9 Å². The van der Waals surface area contributed by atoms with Crippen LogP contribution in [0.15, 0.2) is 34.1 Å². The lowest BCUT2D eigenvalue weighted by Gasteiger charge is -2.30. The number of rotatable bonds is 5. The Bertz CT molecular complexity index is 871. The van der Waals surface area contributed by atoms with Crippen molar-refractivity contribution in [1.82, 2.24) is 14.9 Å². The molecule has 1 aliphatic heterocycles. The van der Waals surface area contributed by atoms with Crippen molar-refractivity contribution in [2.75, 3.05) is 19.7 Å². The summed E-state index contributed by atoms with van der Waals surface area (Å²) in [7, 11) is 0. The Hall–Kier alpha value is -2.25. The summed E-state index contributed by atoms with van der Waals surface area (Å²) >= 11 is 1.34. The van der Waals surface area contributed by atoms with Crippen molar-refractivity contribution in [2.45, 2.75) is 32.2 Å². The molecule has 0 radical (unpaired) electrons. The molecule has 1 fully saturated rings. The summed E-state index contributed by atoms with van der Waals surface area (Å²) < 4.78 is 11.0. The summed E-state index contributed by atoms with van der Waals surface area (Å²) in [5.74, 6) is 0.771. The zero-order valence-corrected chi connectivity index (χ0v) is 15.5. The van der Waals surface area contributed by atoms with Crippen LogP contribution >= 0.6 is 11.3 Å². The molecule has 26 heavy (non-hydrogen) atoms. The second-order valence-corrected chi connectivity index (χ2v) is 7.32. The Morgan fingerprint density at radius 3 is 3.12 bits per heavy atom. The fraction of sp³-hybridized carbons (Fsp3) is 0.421. The molecule has 1 saturated heterocycles. The van der Waals surface area contributed by atoms with Crippen LogP contribution in [-0.4, -0.2) is 40.5 Å². The lowest BCUT2D eigenvalue weighted by molar-refractivity contribution is 0.0525. The molecule has 6 nitrogen and oxygen atoms in total. The van der Waals surface area contributed by atoms with Gasteiger partial charge in [0.15, 0.2) is 11.5 Å². The Labute approximate surface area is 155 Å². The molecule has 0 aliphatic carbocycles. The molecule has 0 amide bonds. The van der Waals surface area contributed by atoms with Crippen molar-refractivity contribution in [1.29, 1.82) is 0 Å². The Morgan fingerprint density at radius 2 is 2.27 bits per heavy atom. The maximum atomic E-state index is 11.8. The number of carbonyl (C=O) groups is 1. The monoisotopic (exact) mass is 371 g/mol. The van der Waals surface area contributed by atoms with Crippen LogP contribution in [0, 0.1) is 0 Å². The molecule has 3 aromatic rings. The zero-order valence-electron chi connectivity index (χ0n) is 14.7. The Kier molecular flexibility index (Phi) is 4.99. The highest BCUT2D eigenvalue weighted by atomic mass is 32.1. The molecule has 0 spiro atoms. The zero-order chi connectivity index (χ0) is 17.9. The van der Waals surface area contributed by atoms with E-state index in [0.717, 1.165) is 55.2 Å². The minimum Gasteiger partial charge on any atom is -0.461 e. The van der Waals surface area contributed by atoms with Gasteiger partial charge in [0, 0.05) is 24.4 Å². The number of benzene rings is 1. The number of thiazole rings is 1. The summed E-state index contributed by atoms with van der Waals surface area (Å²) in [6.07, 6.45) is 2.17. The first-order chi connectivity index (χ1) is 12.7. The van der Waals surface area contributed by atoms with Gasteiger partial charge >= 0.3 is 5.97 Å². The lowest BCUT2D eigenvalue weighted by atomic mass is 9.98. The maximum Gasteiger partial charge on any atom is 0.367 e. The highest BCUT2D eigenvalue weighted by Crippen LogP contribution is 2.29. The first kappa shape index (κ1) is 17.2. The SMILES string of the molecule is CCOC(=O)c1nc(CN2CCCC(c3nc4ccccc4o3)C2)cs1. The Balaban J connectivity index is 1.43. The van der Waals surface area contributed by atoms with E-state index in [9.17, 15) is 4.79 Å². The molecule has 1 unspecified atom stereocenters. The highest BCUT2D eigenvalue weighted by molar-refractivity contribution is 7.11. The fourth-order valence-corrected chi connectivity index (χ4v) is 4.06. The smallest absolute Gasteiger partial charge is 0.367 e. The van der Waals surface area contributed by atoms with Gasteiger partial charge < -0.3 is 9.15 Å².